The van der Waals surface area contributed by atoms with Crippen molar-refractivity contribution in [3.05, 3.63) is 23.7 Å². The summed E-state index contributed by atoms with van der Waals surface area (Å²) in [6, 6.07) is 1.97. The molecule has 0 bridgehead atoms. The zero-order chi connectivity index (χ0) is 12.1. The van der Waals surface area contributed by atoms with Crippen LogP contribution in [-0.4, -0.2) is 42.5 Å². The zero-order valence-corrected chi connectivity index (χ0v) is 10.7. The lowest BCUT2D eigenvalue weighted by molar-refractivity contribution is 0.121. The van der Waals surface area contributed by atoms with Crippen LogP contribution in [0, 0.1) is 0 Å². The van der Waals surface area contributed by atoms with E-state index in [0.717, 1.165) is 31.0 Å². The highest BCUT2D eigenvalue weighted by Gasteiger charge is 2.18. The number of hydrogen-bond donors (Lipinski definition) is 1. The van der Waals surface area contributed by atoms with Crippen molar-refractivity contribution in [1.82, 2.24) is 9.80 Å². The van der Waals surface area contributed by atoms with Crippen LogP contribution in [0.3, 0.4) is 0 Å². The fourth-order valence-electron chi connectivity index (χ4n) is 2.38. The normalized spacial score (nSPS) is 18.7. The predicted molar refractivity (Wildman–Crippen MR) is 68.6 cm³/mol. The van der Waals surface area contributed by atoms with E-state index in [1.807, 2.05) is 6.07 Å². The summed E-state index contributed by atoms with van der Waals surface area (Å²) in [6.45, 7) is 9.54. The van der Waals surface area contributed by atoms with Gasteiger partial charge in [-0.3, -0.25) is 4.90 Å². The van der Waals surface area contributed by atoms with Crippen molar-refractivity contribution in [2.75, 3.05) is 32.7 Å². The number of piperazine rings is 1. The molecule has 96 valence electrons. The molecule has 0 radical (unpaired) electrons. The molecule has 1 fully saturated rings. The van der Waals surface area contributed by atoms with Gasteiger partial charge in [0.25, 0.3) is 0 Å². The first kappa shape index (κ1) is 12.6. The number of rotatable bonds is 5. The fraction of sp³-hybridized carbons (Fsp3) is 0.692. The van der Waals surface area contributed by atoms with Gasteiger partial charge >= 0.3 is 0 Å². The van der Waals surface area contributed by atoms with Crippen LogP contribution in [0.15, 0.2) is 16.7 Å². The first-order valence-corrected chi connectivity index (χ1v) is 6.53. The smallest absolute Gasteiger partial charge is 0.122 e. The second-order valence-corrected chi connectivity index (χ2v) is 4.69. The molecule has 1 aromatic heterocycles. The molecule has 0 aromatic carbocycles. The van der Waals surface area contributed by atoms with Gasteiger partial charge in [-0.2, -0.15) is 0 Å². The van der Waals surface area contributed by atoms with Gasteiger partial charge in [-0.15, -0.1) is 0 Å². The maximum Gasteiger partial charge on any atom is 0.122 e. The van der Waals surface area contributed by atoms with Gasteiger partial charge in [0.15, 0.2) is 0 Å². The van der Waals surface area contributed by atoms with Gasteiger partial charge in [0, 0.05) is 38.3 Å². The Morgan fingerprint density at radius 3 is 2.59 bits per heavy atom. The SMILES string of the molecule is CCCN1CCN(Cc2occc2CN)CC1. The molecule has 1 aliphatic heterocycles. The lowest BCUT2D eigenvalue weighted by Crippen LogP contribution is -2.46. The van der Waals surface area contributed by atoms with Gasteiger partial charge in [0.2, 0.25) is 0 Å². The maximum absolute atomic E-state index is 5.68. The Balaban J connectivity index is 1.82. The lowest BCUT2D eigenvalue weighted by atomic mass is 10.2. The van der Waals surface area contributed by atoms with Crippen LogP contribution in [0.4, 0.5) is 0 Å². The minimum absolute atomic E-state index is 0.571. The molecule has 0 spiro atoms. The van der Waals surface area contributed by atoms with E-state index in [1.165, 1.54) is 26.1 Å². The number of furan rings is 1. The van der Waals surface area contributed by atoms with Crippen LogP contribution < -0.4 is 5.73 Å². The fourth-order valence-corrected chi connectivity index (χ4v) is 2.38. The van der Waals surface area contributed by atoms with E-state index in [-0.39, 0.29) is 0 Å². The summed E-state index contributed by atoms with van der Waals surface area (Å²) in [5.74, 6) is 1.04. The van der Waals surface area contributed by atoms with Gasteiger partial charge in [-0.05, 0) is 19.0 Å². The molecule has 0 aliphatic carbocycles. The molecule has 0 atom stereocenters. The van der Waals surface area contributed by atoms with E-state index in [0.29, 0.717) is 6.54 Å². The van der Waals surface area contributed by atoms with E-state index in [4.69, 9.17) is 10.2 Å². The van der Waals surface area contributed by atoms with Gasteiger partial charge < -0.3 is 15.1 Å². The largest absolute Gasteiger partial charge is 0.468 e. The van der Waals surface area contributed by atoms with Crippen LogP contribution in [0.1, 0.15) is 24.7 Å². The van der Waals surface area contributed by atoms with Crippen molar-refractivity contribution < 1.29 is 4.42 Å². The summed E-state index contributed by atoms with van der Waals surface area (Å²) in [5, 5.41) is 0. The van der Waals surface area contributed by atoms with Crippen molar-refractivity contribution >= 4 is 0 Å². The molecule has 4 heteroatoms. The second kappa shape index (κ2) is 6.19. The van der Waals surface area contributed by atoms with Crippen LogP contribution in [0.2, 0.25) is 0 Å². The molecule has 4 nitrogen and oxygen atoms in total. The summed E-state index contributed by atoms with van der Waals surface area (Å²) in [6.07, 6.45) is 2.99. The van der Waals surface area contributed by atoms with Gasteiger partial charge in [-0.1, -0.05) is 6.92 Å². The van der Waals surface area contributed by atoms with Crippen molar-refractivity contribution in [1.29, 1.82) is 0 Å². The zero-order valence-electron chi connectivity index (χ0n) is 10.7. The molecule has 17 heavy (non-hydrogen) atoms. The molecule has 0 amide bonds. The second-order valence-electron chi connectivity index (χ2n) is 4.69. The molecule has 2 heterocycles. The lowest BCUT2D eigenvalue weighted by Gasteiger charge is -2.34. The molecule has 2 N–H and O–H groups in total. The van der Waals surface area contributed by atoms with Crippen molar-refractivity contribution in [2.45, 2.75) is 26.4 Å². The Morgan fingerprint density at radius 2 is 1.94 bits per heavy atom. The van der Waals surface area contributed by atoms with Gasteiger partial charge in [-0.25, -0.2) is 0 Å². The van der Waals surface area contributed by atoms with Crippen molar-refractivity contribution in [3.8, 4) is 0 Å². The topological polar surface area (TPSA) is 45.6 Å². The van der Waals surface area contributed by atoms with E-state index in [1.54, 1.807) is 6.26 Å². The molecule has 1 saturated heterocycles. The minimum atomic E-state index is 0.571. The first-order valence-electron chi connectivity index (χ1n) is 6.53. The molecular formula is C13H23N3O. The Morgan fingerprint density at radius 1 is 1.24 bits per heavy atom. The van der Waals surface area contributed by atoms with Gasteiger partial charge in [0.1, 0.15) is 5.76 Å². The summed E-state index contributed by atoms with van der Waals surface area (Å²) in [4.78, 5) is 4.98. The van der Waals surface area contributed by atoms with Crippen LogP contribution >= 0.6 is 0 Å². The van der Waals surface area contributed by atoms with E-state index in [9.17, 15) is 0 Å². The van der Waals surface area contributed by atoms with E-state index >= 15 is 0 Å². The van der Waals surface area contributed by atoms with E-state index < -0.39 is 0 Å². The Kier molecular flexibility index (Phi) is 4.59. The monoisotopic (exact) mass is 237 g/mol. The molecule has 0 unspecified atom stereocenters. The Bertz CT molecular complexity index is 329. The highest BCUT2D eigenvalue weighted by atomic mass is 16.3. The predicted octanol–water partition coefficient (Wildman–Crippen LogP) is 1.27. The molecule has 0 saturated carbocycles. The van der Waals surface area contributed by atoms with Crippen LogP contribution in [-0.2, 0) is 13.1 Å². The Hall–Kier alpha value is -0.840. The summed E-state index contributed by atoms with van der Waals surface area (Å²) >= 11 is 0. The number of nitrogens with zero attached hydrogens (tertiary/aromatic N) is 2. The summed E-state index contributed by atoms with van der Waals surface area (Å²) < 4.78 is 5.50. The van der Waals surface area contributed by atoms with Crippen LogP contribution in [0.5, 0.6) is 0 Å². The van der Waals surface area contributed by atoms with Crippen molar-refractivity contribution in [2.24, 2.45) is 5.73 Å². The third-order valence-electron chi connectivity index (χ3n) is 3.43. The van der Waals surface area contributed by atoms with E-state index in [2.05, 4.69) is 16.7 Å². The quantitative estimate of drug-likeness (QED) is 0.837. The minimum Gasteiger partial charge on any atom is -0.468 e. The average molecular weight is 237 g/mol. The molecule has 2 rings (SSSR count). The van der Waals surface area contributed by atoms with Gasteiger partial charge in [0.05, 0.1) is 12.8 Å². The first-order chi connectivity index (χ1) is 8.33. The molecular weight excluding hydrogens is 214 g/mol. The summed E-state index contributed by atoms with van der Waals surface area (Å²) in [5.41, 5.74) is 6.81. The Labute approximate surface area is 103 Å². The maximum atomic E-state index is 5.68. The number of nitrogens with two attached hydrogens (primary N) is 1. The third kappa shape index (κ3) is 3.31. The average Bonchev–Trinajstić information content (AvgIpc) is 2.79. The van der Waals surface area contributed by atoms with Crippen LogP contribution in [0.25, 0.3) is 0 Å². The standard InChI is InChI=1S/C13H23N3O/c1-2-4-15-5-7-16(8-6-15)11-13-12(10-14)3-9-17-13/h3,9H,2,4-8,10-11,14H2,1H3. The summed E-state index contributed by atoms with van der Waals surface area (Å²) in [7, 11) is 0. The highest BCUT2D eigenvalue weighted by molar-refractivity contribution is 5.16. The molecule has 1 aromatic rings. The van der Waals surface area contributed by atoms with Crippen molar-refractivity contribution in [3.63, 3.8) is 0 Å². The molecule has 1 aliphatic rings. The highest BCUT2D eigenvalue weighted by Crippen LogP contribution is 2.14. The third-order valence-corrected chi connectivity index (χ3v) is 3.43. The number of hydrogen-bond acceptors (Lipinski definition) is 4.